The summed E-state index contributed by atoms with van der Waals surface area (Å²) in [5.41, 5.74) is 2.45. The van der Waals surface area contributed by atoms with Gasteiger partial charge in [-0.15, -0.1) is 10.2 Å². The Morgan fingerprint density at radius 3 is 2.72 bits per heavy atom. The van der Waals surface area contributed by atoms with Crippen molar-refractivity contribution in [3.63, 3.8) is 0 Å². The standard InChI is InChI=1S/C23H16BrN5O2S/c1-14-26-27-23-29(14)28-22(32-23)18-4-2-3-5-19(18)25-21(30)13-11-17-10-12-20(31-17)15-6-8-16(24)9-7-15/h2-13H,1H3,(H,25,30)/b13-11+. The van der Waals surface area contributed by atoms with Gasteiger partial charge in [0.2, 0.25) is 10.9 Å². The molecule has 2 aromatic carbocycles. The smallest absolute Gasteiger partial charge is 0.248 e. The Bertz CT molecular complexity index is 1450. The summed E-state index contributed by atoms with van der Waals surface area (Å²) < 4.78 is 8.53. The van der Waals surface area contributed by atoms with Crippen molar-refractivity contribution in [1.29, 1.82) is 0 Å². The van der Waals surface area contributed by atoms with E-state index in [2.05, 4.69) is 36.5 Å². The number of carbonyl (C=O) groups excluding carboxylic acids is 1. The van der Waals surface area contributed by atoms with Gasteiger partial charge < -0.3 is 9.73 Å². The molecule has 0 spiro atoms. The maximum atomic E-state index is 12.6. The van der Waals surface area contributed by atoms with E-state index in [1.807, 2.05) is 67.6 Å². The zero-order valence-corrected chi connectivity index (χ0v) is 19.2. The second-order valence-corrected chi connectivity index (χ2v) is 8.80. The van der Waals surface area contributed by atoms with Gasteiger partial charge in [-0.3, -0.25) is 4.79 Å². The lowest BCUT2D eigenvalue weighted by Gasteiger charge is -2.07. The molecule has 5 aromatic rings. The van der Waals surface area contributed by atoms with E-state index in [4.69, 9.17) is 4.42 Å². The Morgan fingerprint density at radius 2 is 1.91 bits per heavy atom. The number of furan rings is 1. The first-order chi connectivity index (χ1) is 15.6. The molecule has 1 N–H and O–H groups in total. The number of aryl methyl sites for hydroxylation is 1. The third-order valence-corrected chi connectivity index (χ3v) is 6.18. The average molecular weight is 506 g/mol. The van der Waals surface area contributed by atoms with Crippen LogP contribution in [0.5, 0.6) is 0 Å². The fourth-order valence-corrected chi connectivity index (χ4v) is 4.33. The molecular formula is C23H16BrN5O2S. The van der Waals surface area contributed by atoms with E-state index in [-0.39, 0.29) is 5.91 Å². The molecule has 0 radical (unpaired) electrons. The fraction of sp³-hybridized carbons (Fsp3) is 0.0435. The molecule has 0 aliphatic rings. The third-order valence-electron chi connectivity index (χ3n) is 4.72. The van der Waals surface area contributed by atoms with Gasteiger partial charge in [0.25, 0.3) is 0 Å². The van der Waals surface area contributed by atoms with Crippen LogP contribution in [0, 0.1) is 6.92 Å². The number of benzene rings is 2. The lowest BCUT2D eigenvalue weighted by molar-refractivity contribution is -0.111. The second-order valence-electron chi connectivity index (χ2n) is 6.93. The van der Waals surface area contributed by atoms with Crippen LogP contribution in [0.4, 0.5) is 5.69 Å². The van der Waals surface area contributed by atoms with E-state index in [1.54, 1.807) is 10.6 Å². The van der Waals surface area contributed by atoms with Crippen molar-refractivity contribution in [2.45, 2.75) is 6.92 Å². The molecule has 0 unspecified atom stereocenters. The Labute approximate surface area is 195 Å². The van der Waals surface area contributed by atoms with Gasteiger partial charge in [-0.2, -0.15) is 9.61 Å². The zero-order chi connectivity index (χ0) is 22.1. The fourth-order valence-electron chi connectivity index (χ4n) is 3.15. The maximum Gasteiger partial charge on any atom is 0.248 e. The minimum Gasteiger partial charge on any atom is -0.457 e. The van der Waals surface area contributed by atoms with E-state index in [9.17, 15) is 4.79 Å². The summed E-state index contributed by atoms with van der Waals surface area (Å²) in [6, 6.07) is 19.1. The van der Waals surface area contributed by atoms with Crippen molar-refractivity contribution in [3.8, 4) is 21.9 Å². The van der Waals surface area contributed by atoms with E-state index < -0.39 is 0 Å². The molecule has 0 fully saturated rings. The molecule has 1 amide bonds. The first-order valence-corrected chi connectivity index (χ1v) is 11.3. The normalized spacial score (nSPS) is 11.4. The number of rotatable bonds is 5. The topological polar surface area (TPSA) is 85.3 Å². The highest BCUT2D eigenvalue weighted by Crippen LogP contribution is 2.31. The summed E-state index contributed by atoms with van der Waals surface area (Å²) in [7, 11) is 0. The highest BCUT2D eigenvalue weighted by Gasteiger charge is 2.14. The number of fused-ring (bicyclic) bond motifs is 1. The van der Waals surface area contributed by atoms with Crippen LogP contribution in [0.3, 0.4) is 0 Å². The van der Waals surface area contributed by atoms with Crippen LogP contribution in [-0.4, -0.2) is 25.7 Å². The summed E-state index contributed by atoms with van der Waals surface area (Å²) in [5, 5.41) is 16.4. The minimum absolute atomic E-state index is 0.266. The summed E-state index contributed by atoms with van der Waals surface area (Å²) in [6.45, 7) is 1.85. The van der Waals surface area contributed by atoms with E-state index in [0.717, 1.165) is 26.4 Å². The number of nitrogens with zero attached hydrogens (tertiary/aromatic N) is 4. The molecule has 0 atom stereocenters. The maximum absolute atomic E-state index is 12.6. The summed E-state index contributed by atoms with van der Waals surface area (Å²) >= 11 is 4.84. The number of halogens is 1. The van der Waals surface area contributed by atoms with Crippen LogP contribution in [0.15, 0.2) is 75.6 Å². The average Bonchev–Trinajstić information content (AvgIpc) is 3.51. The second kappa shape index (κ2) is 8.52. The van der Waals surface area contributed by atoms with Crippen LogP contribution >= 0.6 is 27.3 Å². The van der Waals surface area contributed by atoms with Crippen molar-refractivity contribution in [3.05, 3.63) is 82.8 Å². The van der Waals surface area contributed by atoms with Gasteiger partial charge in [0, 0.05) is 21.7 Å². The predicted molar refractivity (Wildman–Crippen MR) is 128 cm³/mol. The molecule has 158 valence electrons. The molecule has 7 nitrogen and oxygen atoms in total. The Balaban J connectivity index is 1.33. The molecule has 5 rings (SSSR count). The van der Waals surface area contributed by atoms with Crippen molar-refractivity contribution < 1.29 is 9.21 Å². The lowest BCUT2D eigenvalue weighted by Crippen LogP contribution is -2.08. The van der Waals surface area contributed by atoms with E-state index >= 15 is 0 Å². The van der Waals surface area contributed by atoms with Crippen LogP contribution in [0.1, 0.15) is 11.6 Å². The van der Waals surface area contributed by atoms with Crippen molar-refractivity contribution in [1.82, 2.24) is 19.8 Å². The van der Waals surface area contributed by atoms with Crippen LogP contribution in [-0.2, 0) is 4.79 Å². The van der Waals surface area contributed by atoms with Crippen LogP contribution in [0.2, 0.25) is 0 Å². The predicted octanol–water partition coefficient (Wildman–Crippen LogP) is 5.84. The summed E-state index contributed by atoms with van der Waals surface area (Å²) in [6.07, 6.45) is 3.09. The number of anilines is 1. The molecule has 0 bridgehead atoms. The number of aromatic nitrogens is 4. The molecule has 0 saturated carbocycles. The quantitative estimate of drug-likeness (QED) is 0.303. The van der Waals surface area contributed by atoms with Crippen molar-refractivity contribution in [2.24, 2.45) is 0 Å². The molecule has 0 saturated heterocycles. The van der Waals surface area contributed by atoms with Crippen LogP contribution < -0.4 is 5.32 Å². The zero-order valence-electron chi connectivity index (χ0n) is 16.8. The van der Waals surface area contributed by atoms with Gasteiger partial charge in [0.1, 0.15) is 16.5 Å². The SMILES string of the molecule is Cc1nnc2sc(-c3ccccc3NC(=O)/C=C/c3ccc(-c4ccc(Br)cc4)o3)nn12. The van der Waals surface area contributed by atoms with Crippen LogP contribution in [0.25, 0.3) is 32.9 Å². The number of amides is 1. The number of nitrogens with one attached hydrogen (secondary N) is 1. The third kappa shape index (κ3) is 4.12. The molecular weight excluding hydrogens is 490 g/mol. The molecule has 3 aromatic heterocycles. The van der Waals surface area contributed by atoms with E-state index in [0.29, 0.717) is 22.2 Å². The molecule has 32 heavy (non-hydrogen) atoms. The van der Waals surface area contributed by atoms with Crippen molar-refractivity contribution >= 4 is 49.9 Å². The highest BCUT2D eigenvalue weighted by atomic mass is 79.9. The first kappa shape index (κ1) is 20.3. The highest BCUT2D eigenvalue weighted by molar-refractivity contribution is 9.10. The molecule has 0 aliphatic carbocycles. The van der Waals surface area contributed by atoms with Gasteiger partial charge in [0.15, 0.2) is 5.82 Å². The van der Waals surface area contributed by atoms with Gasteiger partial charge in [-0.05, 0) is 49.4 Å². The number of para-hydroxylation sites is 1. The number of hydrogen-bond acceptors (Lipinski definition) is 6. The van der Waals surface area contributed by atoms with Gasteiger partial charge in [-0.25, -0.2) is 0 Å². The Hall–Kier alpha value is -3.56. The largest absolute Gasteiger partial charge is 0.457 e. The molecule has 0 aliphatic heterocycles. The first-order valence-electron chi connectivity index (χ1n) is 9.70. The van der Waals surface area contributed by atoms with Crippen molar-refractivity contribution in [2.75, 3.05) is 5.32 Å². The Morgan fingerprint density at radius 1 is 1.09 bits per heavy atom. The minimum atomic E-state index is -0.266. The Kier molecular flexibility index (Phi) is 5.42. The molecule has 9 heteroatoms. The summed E-state index contributed by atoms with van der Waals surface area (Å²) in [4.78, 5) is 13.3. The molecule has 3 heterocycles. The number of hydrogen-bond donors (Lipinski definition) is 1. The van der Waals surface area contributed by atoms with Gasteiger partial charge >= 0.3 is 0 Å². The number of carbonyl (C=O) groups is 1. The van der Waals surface area contributed by atoms with Gasteiger partial charge in [-0.1, -0.05) is 51.5 Å². The summed E-state index contributed by atoms with van der Waals surface area (Å²) in [5.74, 6) is 1.78. The monoisotopic (exact) mass is 505 g/mol. The van der Waals surface area contributed by atoms with E-state index in [1.165, 1.54) is 17.4 Å². The lowest BCUT2D eigenvalue weighted by atomic mass is 10.2. The van der Waals surface area contributed by atoms with Gasteiger partial charge in [0.05, 0.1) is 5.69 Å².